The summed E-state index contributed by atoms with van der Waals surface area (Å²) in [4.78, 5) is 11.2. The van der Waals surface area contributed by atoms with Crippen LogP contribution in [0.25, 0.3) is 0 Å². The number of hydrogen-bond acceptors (Lipinski definition) is 2. The van der Waals surface area contributed by atoms with Gasteiger partial charge in [-0.2, -0.15) is 0 Å². The molecule has 1 saturated carbocycles. The van der Waals surface area contributed by atoms with E-state index in [-0.39, 0.29) is 6.09 Å². The van der Waals surface area contributed by atoms with E-state index in [0.717, 1.165) is 18.4 Å². The Kier molecular flexibility index (Phi) is 2.90. The van der Waals surface area contributed by atoms with Crippen molar-refractivity contribution < 1.29 is 9.53 Å². The van der Waals surface area contributed by atoms with Crippen LogP contribution >= 0.6 is 0 Å². The maximum Gasteiger partial charge on any atom is 0.407 e. The lowest BCUT2D eigenvalue weighted by atomic mass is 10.2. The van der Waals surface area contributed by atoms with E-state index < -0.39 is 0 Å². The lowest BCUT2D eigenvalue weighted by Crippen LogP contribution is -2.25. The number of carbonyl (C=O) groups excluding carboxylic acids is 1. The third-order valence-electron chi connectivity index (χ3n) is 2.39. The van der Waals surface area contributed by atoms with Crippen LogP contribution in [0.1, 0.15) is 24.0 Å². The van der Waals surface area contributed by atoms with Crippen LogP contribution in [-0.4, -0.2) is 12.1 Å². The summed E-state index contributed by atoms with van der Waals surface area (Å²) in [5, 5.41) is 2.77. The van der Waals surface area contributed by atoms with Gasteiger partial charge in [-0.25, -0.2) is 4.79 Å². The fourth-order valence-corrected chi connectivity index (χ4v) is 1.27. The van der Waals surface area contributed by atoms with Gasteiger partial charge >= 0.3 is 6.09 Å². The average molecular weight is 205 g/mol. The molecule has 0 radical (unpaired) electrons. The van der Waals surface area contributed by atoms with E-state index in [2.05, 4.69) is 5.32 Å². The van der Waals surface area contributed by atoms with Gasteiger partial charge in [0.15, 0.2) is 0 Å². The van der Waals surface area contributed by atoms with Crippen molar-refractivity contribution in [3.05, 3.63) is 35.4 Å². The molecular weight excluding hydrogens is 190 g/mol. The molecule has 1 aliphatic carbocycles. The van der Waals surface area contributed by atoms with Crippen molar-refractivity contribution in [2.75, 3.05) is 0 Å². The first-order chi connectivity index (χ1) is 7.24. The quantitative estimate of drug-likeness (QED) is 0.822. The van der Waals surface area contributed by atoms with Crippen molar-refractivity contribution in [3.63, 3.8) is 0 Å². The van der Waals surface area contributed by atoms with Crippen LogP contribution in [0.3, 0.4) is 0 Å². The minimum Gasteiger partial charge on any atom is -0.445 e. The number of carbonyl (C=O) groups is 1. The third kappa shape index (κ3) is 3.27. The molecule has 0 aliphatic heterocycles. The SMILES string of the molecule is Cc1ccc(COC(=O)NC2CC2)cc1. The zero-order chi connectivity index (χ0) is 10.7. The summed E-state index contributed by atoms with van der Waals surface area (Å²) in [5.41, 5.74) is 2.23. The standard InChI is InChI=1S/C12H15NO2/c1-9-2-4-10(5-3-9)8-15-12(14)13-11-6-7-11/h2-5,11H,6-8H2,1H3,(H,13,14). The smallest absolute Gasteiger partial charge is 0.407 e. The van der Waals surface area contributed by atoms with Gasteiger partial charge in [0.05, 0.1) is 0 Å². The minimum atomic E-state index is -0.307. The fourth-order valence-electron chi connectivity index (χ4n) is 1.27. The van der Waals surface area contributed by atoms with Gasteiger partial charge in [-0.3, -0.25) is 0 Å². The molecular formula is C12H15NO2. The predicted molar refractivity (Wildman–Crippen MR) is 57.5 cm³/mol. The molecule has 1 aromatic carbocycles. The predicted octanol–water partition coefficient (Wildman–Crippen LogP) is 2.38. The molecule has 1 N–H and O–H groups in total. The molecule has 0 saturated heterocycles. The molecule has 0 atom stereocenters. The Bertz CT molecular complexity index is 341. The van der Waals surface area contributed by atoms with E-state index in [1.807, 2.05) is 31.2 Å². The Labute approximate surface area is 89.4 Å². The van der Waals surface area contributed by atoms with E-state index in [1.165, 1.54) is 5.56 Å². The minimum absolute atomic E-state index is 0.307. The second-order valence-electron chi connectivity index (χ2n) is 3.98. The zero-order valence-corrected chi connectivity index (χ0v) is 8.82. The molecule has 2 rings (SSSR count). The first kappa shape index (κ1) is 10.0. The van der Waals surface area contributed by atoms with Crippen molar-refractivity contribution in [2.24, 2.45) is 0 Å². The van der Waals surface area contributed by atoms with Crippen molar-refractivity contribution in [1.82, 2.24) is 5.32 Å². The van der Waals surface area contributed by atoms with E-state index in [9.17, 15) is 4.79 Å². The number of ether oxygens (including phenoxy) is 1. The van der Waals surface area contributed by atoms with Crippen LogP contribution < -0.4 is 5.32 Å². The lowest BCUT2D eigenvalue weighted by molar-refractivity contribution is 0.139. The maximum atomic E-state index is 11.2. The van der Waals surface area contributed by atoms with Crippen LogP contribution in [0.5, 0.6) is 0 Å². The molecule has 0 heterocycles. The summed E-state index contributed by atoms with van der Waals surface area (Å²) < 4.78 is 5.07. The average Bonchev–Trinajstić information content (AvgIpc) is 3.01. The monoisotopic (exact) mass is 205 g/mol. The highest BCUT2D eigenvalue weighted by Crippen LogP contribution is 2.18. The maximum absolute atomic E-state index is 11.2. The van der Waals surface area contributed by atoms with Gasteiger partial charge in [0, 0.05) is 6.04 Å². The topological polar surface area (TPSA) is 38.3 Å². The normalized spacial score (nSPS) is 14.7. The van der Waals surface area contributed by atoms with Gasteiger partial charge in [0.2, 0.25) is 0 Å². The summed E-state index contributed by atoms with van der Waals surface area (Å²) >= 11 is 0. The second kappa shape index (κ2) is 4.34. The number of alkyl carbamates (subject to hydrolysis) is 1. The van der Waals surface area contributed by atoms with Crippen LogP contribution in [0.2, 0.25) is 0 Å². The third-order valence-corrected chi connectivity index (χ3v) is 2.39. The van der Waals surface area contributed by atoms with E-state index in [4.69, 9.17) is 4.74 Å². The zero-order valence-electron chi connectivity index (χ0n) is 8.82. The van der Waals surface area contributed by atoms with Crippen LogP contribution in [0, 0.1) is 6.92 Å². The van der Waals surface area contributed by atoms with Crippen molar-refractivity contribution in [3.8, 4) is 0 Å². The van der Waals surface area contributed by atoms with Crippen LogP contribution in [0.15, 0.2) is 24.3 Å². The van der Waals surface area contributed by atoms with Crippen molar-refractivity contribution in [1.29, 1.82) is 0 Å². The summed E-state index contributed by atoms with van der Waals surface area (Å²) in [5.74, 6) is 0. The highest BCUT2D eigenvalue weighted by molar-refractivity contribution is 5.68. The molecule has 3 heteroatoms. The Morgan fingerprint density at radius 3 is 2.67 bits per heavy atom. The molecule has 1 aromatic rings. The summed E-state index contributed by atoms with van der Waals surface area (Å²) in [7, 11) is 0. The number of benzene rings is 1. The number of nitrogens with one attached hydrogen (secondary N) is 1. The van der Waals surface area contributed by atoms with Gasteiger partial charge in [0.1, 0.15) is 6.61 Å². The van der Waals surface area contributed by atoms with Gasteiger partial charge in [-0.15, -0.1) is 0 Å². The van der Waals surface area contributed by atoms with Crippen molar-refractivity contribution >= 4 is 6.09 Å². The Morgan fingerprint density at radius 2 is 2.07 bits per heavy atom. The van der Waals surface area contributed by atoms with E-state index in [1.54, 1.807) is 0 Å². The summed E-state index contributed by atoms with van der Waals surface area (Å²) in [6, 6.07) is 8.32. The number of rotatable bonds is 3. The molecule has 0 aromatic heterocycles. The first-order valence-electron chi connectivity index (χ1n) is 5.23. The molecule has 1 fully saturated rings. The number of hydrogen-bond donors (Lipinski definition) is 1. The molecule has 0 unspecified atom stereocenters. The van der Waals surface area contributed by atoms with Crippen molar-refractivity contribution in [2.45, 2.75) is 32.4 Å². The molecule has 15 heavy (non-hydrogen) atoms. The Balaban J connectivity index is 1.76. The van der Waals surface area contributed by atoms with Gasteiger partial charge in [-0.1, -0.05) is 29.8 Å². The highest BCUT2D eigenvalue weighted by atomic mass is 16.5. The summed E-state index contributed by atoms with van der Waals surface area (Å²) in [6.07, 6.45) is 1.86. The number of amides is 1. The van der Waals surface area contributed by atoms with Gasteiger partial charge in [0.25, 0.3) is 0 Å². The molecule has 3 nitrogen and oxygen atoms in total. The molecule has 80 valence electrons. The van der Waals surface area contributed by atoms with Gasteiger partial charge < -0.3 is 10.1 Å². The van der Waals surface area contributed by atoms with Crippen LogP contribution in [-0.2, 0) is 11.3 Å². The lowest BCUT2D eigenvalue weighted by Gasteiger charge is -2.05. The summed E-state index contributed by atoms with van der Waals surface area (Å²) in [6.45, 7) is 2.38. The molecule has 1 aliphatic rings. The largest absolute Gasteiger partial charge is 0.445 e. The highest BCUT2D eigenvalue weighted by Gasteiger charge is 2.23. The molecule has 0 spiro atoms. The molecule has 0 bridgehead atoms. The molecule has 1 amide bonds. The fraction of sp³-hybridized carbons (Fsp3) is 0.417. The van der Waals surface area contributed by atoms with Crippen LogP contribution in [0.4, 0.5) is 4.79 Å². The number of aryl methyl sites for hydroxylation is 1. The van der Waals surface area contributed by atoms with E-state index in [0.29, 0.717) is 12.6 Å². The Hall–Kier alpha value is -1.51. The first-order valence-corrected chi connectivity index (χ1v) is 5.23. The van der Waals surface area contributed by atoms with Gasteiger partial charge in [-0.05, 0) is 25.3 Å². The second-order valence-corrected chi connectivity index (χ2v) is 3.98. The Morgan fingerprint density at radius 1 is 1.40 bits per heavy atom. The van der Waals surface area contributed by atoms with E-state index >= 15 is 0 Å².